The second kappa shape index (κ2) is 7.37. The molecule has 0 aliphatic carbocycles. The largest absolute Gasteiger partial charge is 0.465 e. The number of aliphatic hydroxyl groups is 1. The van der Waals surface area contributed by atoms with Crippen LogP contribution < -0.4 is 5.32 Å². The molecule has 0 spiro atoms. The average Bonchev–Trinajstić information content (AvgIpc) is 3.05. The second-order valence-corrected chi connectivity index (χ2v) is 8.00. The number of nitrogens with zero attached hydrogens (tertiary/aromatic N) is 2. The Morgan fingerprint density at radius 2 is 1.93 bits per heavy atom. The van der Waals surface area contributed by atoms with Gasteiger partial charge in [-0.05, 0) is 43.2 Å². The average molecular weight is 389 g/mol. The van der Waals surface area contributed by atoms with Gasteiger partial charge in [0.05, 0.1) is 29.3 Å². The summed E-state index contributed by atoms with van der Waals surface area (Å²) in [5.74, 6) is 0. The van der Waals surface area contributed by atoms with Gasteiger partial charge in [-0.15, -0.1) is 0 Å². The zero-order chi connectivity index (χ0) is 19.6. The van der Waals surface area contributed by atoms with Crippen molar-refractivity contribution in [2.45, 2.75) is 24.3 Å². The van der Waals surface area contributed by atoms with Crippen LogP contribution in [0.4, 0.5) is 4.79 Å². The maximum absolute atomic E-state index is 12.8. The molecule has 0 saturated carbocycles. The summed E-state index contributed by atoms with van der Waals surface area (Å²) in [6.45, 7) is 1.53. The molecule has 0 bridgehead atoms. The predicted octanol–water partition coefficient (Wildman–Crippen LogP) is 1.75. The molecule has 0 aliphatic heterocycles. The van der Waals surface area contributed by atoms with E-state index in [0.29, 0.717) is 10.9 Å². The quantitative estimate of drug-likeness (QED) is 0.590. The van der Waals surface area contributed by atoms with Crippen LogP contribution in [0.25, 0.3) is 10.9 Å². The molecule has 142 valence electrons. The molecular weight excluding hydrogens is 370 g/mol. The third-order valence-corrected chi connectivity index (χ3v) is 5.79. The topological polar surface area (TPSA) is 122 Å². The van der Waals surface area contributed by atoms with Crippen LogP contribution in [0.15, 0.2) is 53.6 Å². The molecule has 1 amide bonds. The summed E-state index contributed by atoms with van der Waals surface area (Å²) in [6, 6.07) is 10.9. The maximum atomic E-state index is 12.8. The van der Waals surface area contributed by atoms with Gasteiger partial charge in [0, 0.05) is 5.39 Å². The number of aromatic nitrogens is 2. The van der Waals surface area contributed by atoms with Gasteiger partial charge in [-0.1, -0.05) is 23.8 Å². The Hall–Kier alpha value is -2.91. The molecule has 3 rings (SSSR count). The van der Waals surface area contributed by atoms with E-state index < -0.39 is 22.2 Å². The number of hydrogen-bond acceptors (Lipinski definition) is 5. The number of aryl methyl sites for hydroxylation is 1. The SMILES string of the molecule is Cc1ccc(S(=O)(=O)n2ncc3cc(C[C@@H](CO)NC(=O)O)ccc32)cc1. The third-order valence-electron chi connectivity index (χ3n) is 4.18. The van der Waals surface area contributed by atoms with Crippen LogP contribution in [-0.4, -0.2) is 46.6 Å². The Kier molecular flexibility index (Phi) is 5.15. The minimum absolute atomic E-state index is 0.146. The fourth-order valence-corrected chi connectivity index (χ4v) is 4.08. The number of rotatable bonds is 6. The summed E-state index contributed by atoms with van der Waals surface area (Å²) in [5, 5.41) is 24.9. The van der Waals surface area contributed by atoms with E-state index in [1.807, 2.05) is 6.92 Å². The Labute approximate surface area is 156 Å². The zero-order valence-corrected chi connectivity index (χ0v) is 15.3. The molecular formula is C18H19N3O5S. The number of fused-ring (bicyclic) bond motifs is 1. The van der Waals surface area contributed by atoms with Crippen molar-refractivity contribution in [3.8, 4) is 0 Å². The molecule has 27 heavy (non-hydrogen) atoms. The molecule has 0 radical (unpaired) electrons. The van der Waals surface area contributed by atoms with Gasteiger partial charge in [0.1, 0.15) is 0 Å². The van der Waals surface area contributed by atoms with Crippen molar-refractivity contribution in [1.29, 1.82) is 0 Å². The van der Waals surface area contributed by atoms with Crippen LogP contribution in [-0.2, 0) is 16.4 Å². The Morgan fingerprint density at radius 3 is 2.56 bits per heavy atom. The maximum Gasteiger partial charge on any atom is 0.404 e. The molecule has 0 fully saturated rings. The van der Waals surface area contributed by atoms with Crippen molar-refractivity contribution < 1.29 is 23.4 Å². The summed E-state index contributed by atoms with van der Waals surface area (Å²) >= 11 is 0. The molecule has 3 aromatic rings. The molecule has 0 saturated heterocycles. The Bertz CT molecular complexity index is 1070. The van der Waals surface area contributed by atoms with Crippen molar-refractivity contribution in [2.75, 3.05) is 6.61 Å². The van der Waals surface area contributed by atoms with Crippen molar-refractivity contribution in [3.05, 3.63) is 59.8 Å². The molecule has 3 N–H and O–H groups in total. The number of aliphatic hydroxyl groups excluding tert-OH is 1. The van der Waals surface area contributed by atoms with Crippen molar-refractivity contribution in [1.82, 2.24) is 14.5 Å². The standard InChI is InChI=1S/C18H19N3O5S/c1-12-2-5-16(6-3-12)27(25,26)21-17-7-4-13(8-14(17)10-19-21)9-15(11-22)20-18(23)24/h2-8,10,15,20,22H,9,11H2,1H3,(H,23,24)/t15-/m0/s1. The van der Waals surface area contributed by atoms with Crippen molar-refractivity contribution >= 4 is 27.0 Å². The lowest BCUT2D eigenvalue weighted by molar-refractivity contribution is 0.177. The highest BCUT2D eigenvalue weighted by molar-refractivity contribution is 7.90. The highest BCUT2D eigenvalue weighted by atomic mass is 32.2. The highest BCUT2D eigenvalue weighted by Crippen LogP contribution is 2.22. The first-order valence-corrected chi connectivity index (χ1v) is 9.64. The number of nitrogens with one attached hydrogen (secondary N) is 1. The van der Waals surface area contributed by atoms with Gasteiger partial charge in [-0.25, -0.2) is 4.79 Å². The molecule has 1 heterocycles. The zero-order valence-electron chi connectivity index (χ0n) is 14.5. The van der Waals surface area contributed by atoms with Crippen LogP contribution in [0.5, 0.6) is 0 Å². The summed E-state index contributed by atoms with van der Waals surface area (Å²) in [7, 11) is -3.82. The van der Waals surface area contributed by atoms with Crippen LogP contribution in [0.2, 0.25) is 0 Å². The molecule has 0 aliphatic rings. The van der Waals surface area contributed by atoms with Crippen molar-refractivity contribution in [3.63, 3.8) is 0 Å². The van der Waals surface area contributed by atoms with Gasteiger partial charge >= 0.3 is 6.09 Å². The van der Waals surface area contributed by atoms with Crippen LogP contribution in [0.1, 0.15) is 11.1 Å². The minimum atomic E-state index is -3.82. The van der Waals surface area contributed by atoms with E-state index >= 15 is 0 Å². The monoisotopic (exact) mass is 389 g/mol. The van der Waals surface area contributed by atoms with E-state index in [1.165, 1.54) is 18.3 Å². The molecule has 9 heteroatoms. The number of carbonyl (C=O) groups is 1. The van der Waals surface area contributed by atoms with Crippen LogP contribution >= 0.6 is 0 Å². The van der Waals surface area contributed by atoms with E-state index in [-0.39, 0.29) is 17.9 Å². The van der Waals surface area contributed by atoms with E-state index in [9.17, 15) is 18.3 Å². The van der Waals surface area contributed by atoms with Gasteiger partial charge in [0.2, 0.25) is 0 Å². The van der Waals surface area contributed by atoms with Crippen LogP contribution in [0.3, 0.4) is 0 Å². The third kappa shape index (κ3) is 3.93. The Morgan fingerprint density at radius 1 is 1.22 bits per heavy atom. The van der Waals surface area contributed by atoms with Crippen LogP contribution in [0, 0.1) is 6.92 Å². The minimum Gasteiger partial charge on any atom is -0.465 e. The lowest BCUT2D eigenvalue weighted by atomic mass is 10.1. The normalized spacial score (nSPS) is 12.8. The first kappa shape index (κ1) is 18.9. The number of carboxylic acid groups (broad SMARTS) is 1. The first-order chi connectivity index (χ1) is 12.8. The van der Waals surface area contributed by atoms with E-state index in [0.717, 1.165) is 15.2 Å². The molecule has 1 aromatic heterocycles. The highest BCUT2D eigenvalue weighted by Gasteiger charge is 2.20. The van der Waals surface area contributed by atoms with Crippen molar-refractivity contribution in [2.24, 2.45) is 0 Å². The Balaban J connectivity index is 1.94. The number of hydrogen-bond donors (Lipinski definition) is 3. The second-order valence-electron chi connectivity index (χ2n) is 6.23. The van der Waals surface area contributed by atoms with Gasteiger partial charge in [-0.2, -0.15) is 17.6 Å². The van der Waals surface area contributed by atoms with Gasteiger partial charge in [0.15, 0.2) is 0 Å². The van der Waals surface area contributed by atoms with E-state index in [2.05, 4.69) is 10.4 Å². The molecule has 1 atom stereocenters. The summed E-state index contributed by atoms with van der Waals surface area (Å²) in [5.41, 5.74) is 2.13. The summed E-state index contributed by atoms with van der Waals surface area (Å²) in [6.07, 6.45) is 0.504. The smallest absolute Gasteiger partial charge is 0.404 e. The van der Waals surface area contributed by atoms with Gasteiger partial charge in [-0.3, -0.25) is 0 Å². The number of benzene rings is 2. The lowest BCUT2D eigenvalue weighted by Gasteiger charge is -2.14. The fourth-order valence-electron chi connectivity index (χ4n) is 2.81. The number of amides is 1. The lowest BCUT2D eigenvalue weighted by Crippen LogP contribution is -2.38. The molecule has 2 aromatic carbocycles. The first-order valence-electron chi connectivity index (χ1n) is 8.20. The van der Waals surface area contributed by atoms with Gasteiger partial charge in [0.25, 0.3) is 10.0 Å². The summed E-state index contributed by atoms with van der Waals surface area (Å²) < 4.78 is 26.7. The fraction of sp³-hybridized carbons (Fsp3) is 0.222. The predicted molar refractivity (Wildman–Crippen MR) is 99.2 cm³/mol. The van der Waals surface area contributed by atoms with E-state index in [4.69, 9.17) is 5.11 Å². The summed E-state index contributed by atoms with van der Waals surface area (Å²) in [4.78, 5) is 10.9. The molecule has 8 nitrogen and oxygen atoms in total. The van der Waals surface area contributed by atoms with Gasteiger partial charge < -0.3 is 15.5 Å². The molecule has 0 unspecified atom stereocenters. The van der Waals surface area contributed by atoms with E-state index in [1.54, 1.807) is 30.3 Å².